The third-order valence-corrected chi connectivity index (χ3v) is 9.77. The third kappa shape index (κ3) is 5.10. The molecule has 0 atom stereocenters. The number of aromatic nitrogens is 5. The molecule has 0 radical (unpaired) electrons. The van der Waals surface area contributed by atoms with Crippen molar-refractivity contribution in [2.24, 2.45) is 0 Å². The number of hydrogen-bond acceptors (Lipinski definition) is 8. The Labute approximate surface area is 243 Å². The normalized spacial score (nSPS) is 16.1. The molecule has 2 N–H and O–H groups in total. The first-order valence-electron chi connectivity index (χ1n) is 14.3. The topological polar surface area (TPSA) is 124 Å². The molecule has 7 rings (SSSR count). The van der Waals surface area contributed by atoms with Crippen LogP contribution in [0.2, 0.25) is 0 Å². The number of fused-ring (bicyclic) bond motifs is 1. The predicted octanol–water partition coefficient (Wildman–Crippen LogP) is 4.36. The standard InChI is InChI=1S/C31H31N7O3S/c39-30-28(23-6-7-23)18-24-19-33-31(35-25-10-8-21(9-11-25)22-12-15-32-16-13-22)36-29(24)37(30)20-26-14-17-34-38(26)42(40,41)27-4-2-1-3-5-27/h1-5,8-11,14,17-19,22-23,32H,6-7,12-13,15-16,20H2,(H,33,35,36). The van der Waals surface area contributed by atoms with Gasteiger partial charge in [-0.3, -0.25) is 9.36 Å². The van der Waals surface area contributed by atoms with Crippen LogP contribution in [0.5, 0.6) is 0 Å². The molecule has 42 heavy (non-hydrogen) atoms. The van der Waals surface area contributed by atoms with Crippen LogP contribution in [-0.2, 0) is 16.6 Å². The van der Waals surface area contributed by atoms with Gasteiger partial charge < -0.3 is 10.6 Å². The van der Waals surface area contributed by atoms with E-state index in [4.69, 9.17) is 4.98 Å². The molecule has 1 saturated heterocycles. The monoisotopic (exact) mass is 581 g/mol. The lowest BCUT2D eigenvalue weighted by molar-refractivity contribution is 0.460. The van der Waals surface area contributed by atoms with Gasteiger partial charge in [0.2, 0.25) is 5.95 Å². The summed E-state index contributed by atoms with van der Waals surface area (Å²) in [6.07, 6.45) is 7.32. The molecule has 1 saturated carbocycles. The van der Waals surface area contributed by atoms with E-state index in [1.54, 1.807) is 35.0 Å². The van der Waals surface area contributed by atoms with Gasteiger partial charge >= 0.3 is 0 Å². The number of nitrogens with one attached hydrogen (secondary N) is 2. The fourth-order valence-electron chi connectivity index (χ4n) is 5.70. The lowest BCUT2D eigenvalue weighted by atomic mass is 9.90. The SMILES string of the molecule is O=c1c(C2CC2)cc2cnc(Nc3ccc(C4CCNCC4)cc3)nc2n1Cc1ccnn1S(=O)(=O)c1ccccc1. The fraction of sp³-hybridized carbons (Fsp3) is 0.290. The minimum atomic E-state index is -3.95. The van der Waals surface area contributed by atoms with Gasteiger partial charge in [-0.25, -0.2) is 4.98 Å². The van der Waals surface area contributed by atoms with Crippen LogP contribution in [0.3, 0.4) is 0 Å². The highest BCUT2D eigenvalue weighted by atomic mass is 32.2. The minimum Gasteiger partial charge on any atom is -0.324 e. The second-order valence-electron chi connectivity index (χ2n) is 11.0. The summed E-state index contributed by atoms with van der Waals surface area (Å²) in [5, 5.41) is 11.5. The molecule has 11 heteroatoms. The van der Waals surface area contributed by atoms with Crippen molar-refractivity contribution in [3.8, 4) is 0 Å². The highest BCUT2D eigenvalue weighted by Gasteiger charge is 2.29. The highest BCUT2D eigenvalue weighted by molar-refractivity contribution is 7.89. The van der Waals surface area contributed by atoms with Gasteiger partial charge in [-0.05, 0) is 92.6 Å². The fourth-order valence-corrected chi connectivity index (χ4v) is 7.01. The van der Waals surface area contributed by atoms with Crippen molar-refractivity contribution in [3.05, 3.63) is 106 Å². The number of pyridine rings is 1. The zero-order chi connectivity index (χ0) is 28.7. The van der Waals surface area contributed by atoms with E-state index in [-0.39, 0.29) is 22.9 Å². The Morgan fingerprint density at radius 1 is 0.929 bits per heavy atom. The van der Waals surface area contributed by atoms with Crippen molar-refractivity contribution >= 4 is 32.7 Å². The molecule has 0 bridgehead atoms. The molecule has 1 aliphatic heterocycles. The zero-order valence-corrected chi connectivity index (χ0v) is 23.8. The lowest BCUT2D eigenvalue weighted by Crippen LogP contribution is -2.27. The molecule has 2 aliphatic rings. The molecule has 0 spiro atoms. The van der Waals surface area contributed by atoms with Gasteiger partial charge in [-0.2, -0.15) is 22.6 Å². The van der Waals surface area contributed by atoms with Crippen LogP contribution in [-0.4, -0.2) is 45.2 Å². The second-order valence-corrected chi connectivity index (χ2v) is 12.8. The van der Waals surface area contributed by atoms with Crippen molar-refractivity contribution in [2.75, 3.05) is 18.4 Å². The van der Waals surface area contributed by atoms with Crippen LogP contribution < -0.4 is 16.2 Å². The summed E-state index contributed by atoms with van der Waals surface area (Å²) in [6.45, 7) is 2.07. The highest BCUT2D eigenvalue weighted by Crippen LogP contribution is 2.39. The maximum Gasteiger partial charge on any atom is 0.283 e. The van der Waals surface area contributed by atoms with E-state index < -0.39 is 10.0 Å². The van der Waals surface area contributed by atoms with Gasteiger partial charge in [0.05, 0.1) is 23.3 Å². The van der Waals surface area contributed by atoms with Crippen LogP contribution in [0.1, 0.15) is 54.3 Å². The Morgan fingerprint density at radius 2 is 1.69 bits per heavy atom. The number of nitrogens with zero attached hydrogens (tertiary/aromatic N) is 5. The summed E-state index contributed by atoms with van der Waals surface area (Å²) < 4.78 is 29.3. The first kappa shape index (κ1) is 26.5. The largest absolute Gasteiger partial charge is 0.324 e. The summed E-state index contributed by atoms with van der Waals surface area (Å²) in [5.74, 6) is 1.11. The molecule has 0 amide bonds. The average Bonchev–Trinajstić information content (AvgIpc) is 3.76. The van der Waals surface area contributed by atoms with E-state index in [0.29, 0.717) is 28.8 Å². The first-order valence-corrected chi connectivity index (χ1v) is 15.7. The quantitative estimate of drug-likeness (QED) is 0.277. The summed E-state index contributed by atoms with van der Waals surface area (Å²) in [7, 11) is -3.95. The van der Waals surface area contributed by atoms with Crippen molar-refractivity contribution < 1.29 is 8.42 Å². The second kappa shape index (κ2) is 10.8. The molecule has 1 aliphatic carbocycles. The van der Waals surface area contributed by atoms with Crippen molar-refractivity contribution in [2.45, 2.75) is 49.0 Å². The Morgan fingerprint density at radius 3 is 2.43 bits per heavy atom. The van der Waals surface area contributed by atoms with Gasteiger partial charge in [-0.1, -0.05) is 30.3 Å². The molecule has 4 heterocycles. The summed E-state index contributed by atoms with van der Waals surface area (Å²) >= 11 is 0. The van der Waals surface area contributed by atoms with Crippen LogP contribution in [0.15, 0.2) is 88.8 Å². The smallest absolute Gasteiger partial charge is 0.283 e. The maximum atomic E-state index is 13.8. The molecule has 2 aromatic carbocycles. The third-order valence-electron chi connectivity index (χ3n) is 8.12. The first-order chi connectivity index (χ1) is 20.5. The zero-order valence-electron chi connectivity index (χ0n) is 23.0. The minimum absolute atomic E-state index is 0.0106. The lowest BCUT2D eigenvalue weighted by Gasteiger charge is -2.23. The van der Waals surface area contributed by atoms with Crippen LogP contribution in [0.4, 0.5) is 11.6 Å². The number of benzene rings is 2. The van der Waals surface area contributed by atoms with Crippen LogP contribution in [0, 0.1) is 0 Å². The molecule has 5 aromatic rings. The van der Waals surface area contributed by atoms with Crippen molar-refractivity contribution in [1.29, 1.82) is 0 Å². The molecule has 2 fully saturated rings. The van der Waals surface area contributed by atoms with E-state index in [9.17, 15) is 13.2 Å². The average molecular weight is 582 g/mol. The molecule has 0 unspecified atom stereocenters. The van der Waals surface area contributed by atoms with Crippen LogP contribution in [0.25, 0.3) is 11.0 Å². The molecular formula is C31H31N7O3S. The Balaban J connectivity index is 1.24. The molecule has 10 nitrogen and oxygen atoms in total. The Kier molecular flexibility index (Phi) is 6.83. The van der Waals surface area contributed by atoms with Crippen LogP contribution >= 0.6 is 0 Å². The van der Waals surface area contributed by atoms with E-state index >= 15 is 0 Å². The Bertz CT molecular complexity index is 1910. The van der Waals surface area contributed by atoms with Gasteiger partial charge in [0, 0.05) is 22.8 Å². The van der Waals surface area contributed by atoms with Gasteiger partial charge in [0.25, 0.3) is 15.6 Å². The molecule has 214 valence electrons. The maximum absolute atomic E-state index is 13.8. The van der Waals surface area contributed by atoms with Crippen molar-refractivity contribution in [1.82, 2.24) is 29.0 Å². The molecular weight excluding hydrogens is 550 g/mol. The number of piperidine rings is 1. The summed E-state index contributed by atoms with van der Waals surface area (Å²) in [4.78, 5) is 23.2. The number of hydrogen-bond donors (Lipinski definition) is 2. The number of anilines is 2. The van der Waals surface area contributed by atoms with Gasteiger partial charge in [0.15, 0.2) is 0 Å². The van der Waals surface area contributed by atoms with E-state index in [2.05, 4.69) is 32.8 Å². The predicted molar refractivity (Wildman–Crippen MR) is 161 cm³/mol. The summed E-state index contributed by atoms with van der Waals surface area (Å²) in [5.41, 5.74) is 3.49. The van der Waals surface area contributed by atoms with Gasteiger partial charge in [-0.15, -0.1) is 0 Å². The van der Waals surface area contributed by atoms with Crippen molar-refractivity contribution in [3.63, 3.8) is 0 Å². The summed E-state index contributed by atoms with van der Waals surface area (Å²) in [6, 6.07) is 20.0. The van der Waals surface area contributed by atoms with Gasteiger partial charge in [0.1, 0.15) is 5.65 Å². The number of rotatable bonds is 8. The van der Waals surface area contributed by atoms with E-state index in [0.717, 1.165) is 53.9 Å². The Hall–Kier alpha value is -4.35. The van der Waals surface area contributed by atoms with E-state index in [1.165, 1.54) is 23.9 Å². The van der Waals surface area contributed by atoms with E-state index in [1.807, 2.05) is 18.2 Å². The molecule has 3 aromatic heterocycles.